The summed E-state index contributed by atoms with van der Waals surface area (Å²) < 4.78 is 0. The van der Waals surface area contributed by atoms with Crippen molar-refractivity contribution in [2.45, 2.75) is 27.3 Å². The molecule has 3 heteroatoms. The van der Waals surface area contributed by atoms with Crippen molar-refractivity contribution >= 4 is 0 Å². The molecule has 0 aliphatic heterocycles. The van der Waals surface area contributed by atoms with Crippen molar-refractivity contribution in [1.29, 1.82) is 0 Å². The Morgan fingerprint density at radius 3 is 2.23 bits per heavy atom. The first-order chi connectivity index (χ1) is 6.33. The summed E-state index contributed by atoms with van der Waals surface area (Å²) in [4.78, 5) is 10.4. The van der Waals surface area contributed by atoms with E-state index in [0.29, 0.717) is 0 Å². The summed E-state index contributed by atoms with van der Waals surface area (Å²) >= 11 is 0. The van der Waals surface area contributed by atoms with Crippen LogP contribution < -0.4 is 0 Å². The molecule has 0 aliphatic rings. The molecule has 0 atom stereocenters. The molecule has 3 nitrogen and oxygen atoms in total. The Kier molecular flexibility index (Phi) is 7.11. The lowest BCUT2D eigenvalue weighted by atomic mass is 10.5. The standard InChI is InChI=1S/C8H13N3.C2H6/c1-3-11(2)7-8-9-5-4-6-10-8;1-2/h4-6H,3,7H2,1-2H3;1-2H3. The van der Waals surface area contributed by atoms with Crippen LogP contribution in [0.2, 0.25) is 0 Å². The second-order valence-electron chi connectivity index (χ2n) is 2.50. The zero-order valence-electron chi connectivity index (χ0n) is 8.99. The third-order valence-electron chi connectivity index (χ3n) is 1.57. The van der Waals surface area contributed by atoms with E-state index in [9.17, 15) is 0 Å². The van der Waals surface area contributed by atoms with Gasteiger partial charge in [0.05, 0.1) is 6.54 Å². The maximum absolute atomic E-state index is 4.11. The minimum Gasteiger partial charge on any atom is -0.299 e. The number of hydrogen-bond donors (Lipinski definition) is 0. The van der Waals surface area contributed by atoms with E-state index in [1.54, 1.807) is 12.4 Å². The molecule has 0 aromatic carbocycles. The van der Waals surface area contributed by atoms with Crippen molar-refractivity contribution in [3.05, 3.63) is 24.3 Å². The summed E-state index contributed by atoms with van der Waals surface area (Å²) in [5, 5.41) is 0. The lowest BCUT2D eigenvalue weighted by Crippen LogP contribution is -2.18. The summed E-state index contributed by atoms with van der Waals surface area (Å²) in [5.74, 6) is 0.886. The van der Waals surface area contributed by atoms with Crippen LogP contribution in [0.15, 0.2) is 18.5 Å². The van der Waals surface area contributed by atoms with Crippen molar-refractivity contribution in [3.63, 3.8) is 0 Å². The van der Waals surface area contributed by atoms with E-state index in [4.69, 9.17) is 0 Å². The van der Waals surface area contributed by atoms with Crippen LogP contribution in [0.4, 0.5) is 0 Å². The molecule has 1 aromatic heterocycles. The Balaban J connectivity index is 0.000000671. The van der Waals surface area contributed by atoms with E-state index >= 15 is 0 Å². The molecule has 1 heterocycles. The van der Waals surface area contributed by atoms with Gasteiger partial charge < -0.3 is 0 Å². The van der Waals surface area contributed by atoms with Crippen LogP contribution in [0.3, 0.4) is 0 Å². The Morgan fingerprint density at radius 1 is 1.23 bits per heavy atom. The van der Waals surface area contributed by atoms with Crippen LogP contribution in [0.25, 0.3) is 0 Å². The van der Waals surface area contributed by atoms with Crippen molar-refractivity contribution in [2.24, 2.45) is 0 Å². The second kappa shape index (κ2) is 7.68. The molecule has 13 heavy (non-hydrogen) atoms. The molecule has 0 amide bonds. The van der Waals surface area contributed by atoms with Crippen LogP contribution in [0.5, 0.6) is 0 Å². The van der Waals surface area contributed by atoms with E-state index in [1.807, 2.05) is 19.9 Å². The van der Waals surface area contributed by atoms with Gasteiger partial charge in [-0.25, -0.2) is 9.97 Å². The monoisotopic (exact) mass is 181 g/mol. The zero-order valence-corrected chi connectivity index (χ0v) is 8.99. The molecule has 0 aliphatic carbocycles. The van der Waals surface area contributed by atoms with Gasteiger partial charge in [-0.3, -0.25) is 4.90 Å². The van der Waals surface area contributed by atoms with E-state index in [1.165, 1.54) is 0 Å². The Morgan fingerprint density at radius 2 is 1.77 bits per heavy atom. The summed E-state index contributed by atoms with van der Waals surface area (Å²) in [7, 11) is 2.05. The van der Waals surface area contributed by atoms with Crippen molar-refractivity contribution in [3.8, 4) is 0 Å². The first kappa shape index (κ1) is 12.0. The number of aromatic nitrogens is 2. The van der Waals surface area contributed by atoms with Gasteiger partial charge in [-0.2, -0.15) is 0 Å². The minimum atomic E-state index is 0.831. The third kappa shape index (κ3) is 5.31. The van der Waals surface area contributed by atoms with Crippen molar-refractivity contribution < 1.29 is 0 Å². The number of rotatable bonds is 3. The highest BCUT2D eigenvalue weighted by molar-refractivity contribution is 4.87. The predicted octanol–water partition coefficient (Wildman–Crippen LogP) is 1.95. The molecule has 0 spiro atoms. The highest BCUT2D eigenvalue weighted by Gasteiger charge is 1.97. The topological polar surface area (TPSA) is 29.0 Å². The maximum Gasteiger partial charge on any atom is 0.142 e. The van der Waals surface area contributed by atoms with Gasteiger partial charge in [0.2, 0.25) is 0 Å². The quantitative estimate of drug-likeness (QED) is 0.713. The van der Waals surface area contributed by atoms with Gasteiger partial charge in [0.15, 0.2) is 0 Å². The molecule has 0 saturated carbocycles. The van der Waals surface area contributed by atoms with Gasteiger partial charge in [0.1, 0.15) is 5.82 Å². The molecule has 0 bridgehead atoms. The molecular formula is C10H19N3. The normalized spacial score (nSPS) is 9.31. The Labute approximate surface area is 80.8 Å². The molecular weight excluding hydrogens is 162 g/mol. The molecule has 0 saturated heterocycles. The molecule has 0 fully saturated rings. The Bertz CT molecular complexity index is 199. The first-order valence-corrected chi connectivity index (χ1v) is 4.77. The molecule has 0 unspecified atom stereocenters. The molecule has 74 valence electrons. The van der Waals surface area contributed by atoms with Crippen LogP contribution in [0.1, 0.15) is 26.6 Å². The van der Waals surface area contributed by atoms with Gasteiger partial charge in [0, 0.05) is 12.4 Å². The largest absolute Gasteiger partial charge is 0.299 e. The summed E-state index contributed by atoms with van der Waals surface area (Å²) in [5.41, 5.74) is 0. The van der Waals surface area contributed by atoms with Crippen LogP contribution in [-0.2, 0) is 6.54 Å². The molecule has 1 rings (SSSR count). The molecule has 0 radical (unpaired) electrons. The third-order valence-corrected chi connectivity index (χ3v) is 1.57. The summed E-state index contributed by atoms with van der Waals surface area (Å²) in [6.07, 6.45) is 3.54. The van der Waals surface area contributed by atoms with Crippen LogP contribution in [-0.4, -0.2) is 28.5 Å². The lowest BCUT2D eigenvalue weighted by Gasteiger charge is -2.11. The summed E-state index contributed by atoms with van der Waals surface area (Å²) in [6, 6.07) is 1.83. The highest BCUT2D eigenvalue weighted by atomic mass is 15.1. The van der Waals surface area contributed by atoms with E-state index in [-0.39, 0.29) is 0 Å². The minimum absolute atomic E-state index is 0.831. The van der Waals surface area contributed by atoms with Gasteiger partial charge in [0.25, 0.3) is 0 Å². The maximum atomic E-state index is 4.11. The number of nitrogens with zero attached hydrogens (tertiary/aromatic N) is 3. The van der Waals surface area contributed by atoms with Gasteiger partial charge in [-0.1, -0.05) is 20.8 Å². The van der Waals surface area contributed by atoms with E-state index < -0.39 is 0 Å². The zero-order chi connectivity index (χ0) is 10.1. The van der Waals surface area contributed by atoms with Crippen molar-refractivity contribution in [2.75, 3.05) is 13.6 Å². The predicted molar refractivity (Wildman–Crippen MR) is 55.4 cm³/mol. The highest BCUT2D eigenvalue weighted by Crippen LogP contribution is 1.92. The fourth-order valence-corrected chi connectivity index (χ4v) is 0.765. The van der Waals surface area contributed by atoms with E-state index in [2.05, 4.69) is 28.8 Å². The van der Waals surface area contributed by atoms with Gasteiger partial charge >= 0.3 is 0 Å². The fraction of sp³-hybridized carbons (Fsp3) is 0.600. The van der Waals surface area contributed by atoms with E-state index in [0.717, 1.165) is 18.9 Å². The number of hydrogen-bond acceptors (Lipinski definition) is 3. The van der Waals surface area contributed by atoms with Crippen molar-refractivity contribution in [1.82, 2.24) is 14.9 Å². The average molecular weight is 181 g/mol. The SMILES string of the molecule is CC.CCN(C)Cc1ncccn1. The van der Waals surface area contributed by atoms with Crippen LogP contribution >= 0.6 is 0 Å². The van der Waals surface area contributed by atoms with Gasteiger partial charge in [-0.15, -0.1) is 0 Å². The lowest BCUT2D eigenvalue weighted by molar-refractivity contribution is 0.336. The second-order valence-corrected chi connectivity index (χ2v) is 2.50. The fourth-order valence-electron chi connectivity index (χ4n) is 0.765. The Hall–Kier alpha value is -0.960. The molecule has 1 aromatic rings. The summed E-state index contributed by atoms with van der Waals surface area (Å²) in [6.45, 7) is 7.97. The van der Waals surface area contributed by atoms with Crippen LogP contribution in [0, 0.1) is 0 Å². The smallest absolute Gasteiger partial charge is 0.142 e. The van der Waals surface area contributed by atoms with Gasteiger partial charge in [-0.05, 0) is 19.7 Å². The first-order valence-electron chi connectivity index (χ1n) is 4.77. The molecule has 0 N–H and O–H groups in total. The average Bonchev–Trinajstić information content (AvgIpc) is 2.22.